The van der Waals surface area contributed by atoms with Crippen LogP contribution in [0.2, 0.25) is 0 Å². The molecular formula is C25H22N6OS. The second kappa shape index (κ2) is 9.22. The highest BCUT2D eigenvalue weighted by atomic mass is 32.1. The van der Waals surface area contributed by atoms with E-state index in [-0.39, 0.29) is 24.5 Å². The average Bonchev–Trinajstić information content (AvgIpc) is 3.45. The van der Waals surface area contributed by atoms with E-state index in [1.165, 1.54) is 0 Å². The number of rotatable bonds is 6. The molecule has 1 saturated heterocycles. The molecule has 0 bridgehead atoms. The van der Waals surface area contributed by atoms with E-state index < -0.39 is 0 Å². The summed E-state index contributed by atoms with van der Waals surface area (Å²) in [6.45, 7) is 0.0993. The summed E-state index contributed by atoms with van der Waals surface area (Å²) in [6.07, 6.45) is 5.49. The number of hydrogen-bond acceptors (Lipinski definition) is 4. The first-order chi connectivity index (χ1) is 16.2. The molecule has 2 N–H and O–H groups in total. The van der Waals surface area contributed by atoms with Crippen LogP contribution in [0.1, 0.15) is 23.5 Å². The zero-order valence-corrected chi connectivity index (χ0v) is 18.5. The molecule has 7 nitrogen and oxygen atoms in total. The van der Waals surface area contributed by atoms with Crippen LogP contribution in [-0.2, 0) is 4.79 Å². The van der Waals surface area contributed by atoms with Gasteiger partial charge in [0.2, 0.25) is 5.91 Å². The number of carbonyl (C=O) groups is 1. The number of carbonyl (C=O) groups excluding carboxylic acids is 1. The van der Waals surface area contributed by atoms with E-state index in [0.29, 0.717) is 5.11 Å². The van der Waals surface area contributed by atoms with Crippen molar-refractivity contribution < 1.29 is 4.79 Å². The first kappa shape index (κ1) is 20.8. The zero-order chi connectivity index (χ0) is 22.6. The molecule has 164 valence electrons. The minimum absolute atomic E-state index is 0.0993. The Morgan fingerprint density at radius 1 is 0.939 bits per heavy atom. The smallest absolute Gasteiger partial charge is 0.244 e. The topological polar surface area (TPSA) is 75.1 Å². The van der Waals surface area contributed by atoms with E-state index in [9.17, 15) is 4.79 Å². The number of anilines is 1. The van der Waals surface area contributed by atoms with Crippen LogP contribution in [0, 0.1) is 0 Å². The van der Waals surface area contributed by atoms with Crippen LogP contribution in [-0.4, -0.2) is 37.0 Å². The van der Waals surface area contributed by atoms with Gasteiger partial charge in [0.15, 0.2) is 5.11 Å². The molecule has 0 unspecified atom stereocenters. The van der Waals surface area contributed by atoms with Gasteiger partial charge in [-0.05, 0) is 60.7 Å². The highest BCUT2D eigenvalue weighted by Crippen LogP contribution is 2.39. The molecule has 0 saturated carbocycles. The number of amides is 1. The third-order valence-corrected chi connectivity index (χ3v) is 5.90. The largest absolute Gasteiger partial charge is 0.352 e. The summed E-state index contributed by atoms with van der Waals surface area (Å²) >= 11 is 5.69. The summed E-state index contributed by atoms with van der Waals surface area (Å²) in [5.74, 6) is 0.650. The van der Waals surface area contributed by atoms with Crippen molar-refractivity contribution in [3.05, 3.63) is 109 Å². The average molecular weight is 455 g/mol. The summed E-state index contributed by atoms with van der Waals surface area (Å²) in [7, 11) is 0. The second-order valence-corrected chi connectivity index (χ2v) is 8.05. The fraction of sp³-hybridized carbons (Fsp3) is 0.120. The van der Waals surface area contributed by atoms with E-state index in [2.05, 4.69) is 20.6 Å². The fourth-order valence-corrected chi connectivity index (χ4v) is 4.42. The van der Waals surface area contributed by atoms with Crippen LogP contribution in [0.5, 0.6) is 0 Å². The molecule has 4 heterocycles. The molecule has 33 heavy (non-hydrogen) atoms. The van der Waals surface area contributed by atoms with E-state index in [1.807, 2.05) is 94.5 Å². The molecule has 3 aromatic heterocycles. The Balaban J connectivity index is 1.51. The summed E-state index contributed by atoms with van der Waals surface area (Å²) in [4.78, 5) is 23.9. The minimum Gasteiger partial charge on any atom is -0.352 e. The third-order valence-electron chi connectivity index (χ3n) is 5.55. The lowest BCUT2D eigenvalue weighted by Crippen LogP contribution is -2.37. The van der Waals surface area contributed by atoms with Gasteiger partial charge < -0.3 is 20.1 Å². The van der Waals surface area contributed by atoms with Gasteiger partial charge in [0, 0.05) is 30.0 Å². The van der Waals surface area contributed by atoms with Gasteiger partial charge in [-0.2, -0.15) is 0 Å². The first-order valence-electron chi connectivity index (χ1n) is 10.6. The van der Waals surface area contributed by atoms with Gasteiger partial charge in [-0.1, -0.05) is 30.3 Å². The van der Waals surface area contributed by atoms with Gasteiger partial charge in [-0.25, -0.2) is 4.98 Å². The predicted molar refractivity (Wildman–Crippen MR) is 131 cm³/mol. The molecule has 0 aliphatic carbocycles. The molecular weight excluding hydrogens is 432 g/mol. The van der Waals surface area contributed by atoms with Crippen molar-refractivity contribution in [1.29, 1.82) is 0 Å². The molecule has 0 spiro atoms. The number of thiocarbonyl (C=S) groups is 1. The van der Waals surface area contributed by atoms with E-state index in [4.69, 9.17) is 12.2 Å². The summed E-state index contributed by atoms with van der Waals surface area (Å²) in [5, 5.41) is 6.85. The summed E-state index contributed by atoms with van der Waals surface area (Å²) < 4.78 is 2.03. The Kier molecular flexibility index (Phi) is 5.82. The zero-order valence-electron chi connectivity index (χ0n) is 17.7. The summed E-state index contributed by atoms with van der Waals surface area (Å²) in [6, 6.07) is 24.5. The molecule has 1 aromatic carbocycles. The van der Waals surface area contributed by atoms with Gasteiger partial charge in [-0.3, -0.25) is 9.78 Å². The lowest BCUT2D eigenvalue weighted by atomic mass is 10.0. The predicted octanol–water partition coefficient (Wildman–Crippen LogP) is 3.88. The number of aromatic nitrogens is 3. The molecule has 1 aliphatic rings. The standard InChI is InChI=1S/C25H22N6OS/c32-22(28-18-9-2-1-3-10-18)17-31-24(23(29-25(31)33)19-11-4-6-14-26-19)20-12-8-16-30(20)21-13-5-7-15-27-21/h1-16,23-24H,17H2,(H,28,32)(H,29,33)/t23-,24+/m1/s1. The molecule has 8 heteroatoms. The quantitative estimate of drug-likeness (QED) is 0.431. The van der Waals surface area contributed by atoms with Crippen molar-refractivity contribution in [3.8, 4) is 5.82 Å². The van der Waals surface area contributed by atoms with Gasteiger partial charge in [-0.15, -0.1) is 0 Å². The Bertz CT molecular complexity index is 1250. The molecule has 0 radical (unpaired) electrons. The Hall–Kier alpha value is -4.04. The Morgan fingerprint density at radius 2 is 1.70 bits per heavy atom. The van der Waals surface area contributed by atoms with Gasteiger partial charge in [0.1, 0.15) is 12.4 Å². The van der Waals surface area contributed by atoms with Crippen molar-refractivity contribution in [2.24, 2.45) is 0 Å². The van der Waals surface area contributed by atoms with E-state index in [0.717, 1.165) is 22.9 Å². The number of para-hydroxylation sites is 1. The van der Waals surface area contributed by atoms with Gasteiger partial charge in [0.05, 0.1) is 17.8 Å². The van der Waals surface area contributed by atoms with E-state index >= 15 is 0 Å². The highest BCUT2D eigenvalue weighted by molar-refractivity contribution is 7.80. The number of hydrogen-bond donors (Lipinski definition) is 2. The Labute approximate surface area is 197 Å². The second-order valence-electron chi connectivity index (χ2n) is 7.66. The van der Waals surface area contributed by atoms with Crippen LogP contribution in [0.3, 0.4) is 0 Å². The lowest BCUT2D eigenvalue weighted by molar-refractivity contribution is -0.116. The van der Waals surface area contributed by atoms with Crippen molar-refractivity contribution in [1.82, 2.24) is 24.8 Å². The normalized spacial score (nSPS) is 17.6. The maximum absolute atomic E-state index is 13.0. The van der Waals surface area contributed by atoms with Crippen LogP contribution in [0.15, 0.2) is 97.5 Å². The molecule has 5 rings (SSSR count). The highest BCUT2D eigenvalue weighted by Gasteiger charge is 2.42. The minimum atomic E-state index is -0.258. The van der Waals surface area contributed by atoms with Crippen LogP contribution < -0.4 is 10.6 Å². The van der Waals surface area contributed by atoms with Gasteiger partial charge in [0.25, 0.3) is 0 Å². The molecule has 1 amide bonds. The number of benzene rings is 1. The Morgan fingerprint density at radius 3 is 2.42 bits per heavy atom. The number of nitrogens with one attached hydrogen (secondary N) is 2. The SMILES string of the molecule is O=C(CN1C(=S)N[C@H](c2ccccn2)[C@@H]1c1cccn1-c1ccccn1)Nc1ccccc1. The van der Waals surface area contributed by atoms with Crippen molar-refractivity contribution >= 4 is 28.9 Å². The lowest BCUT2D eigenvalue weighted by Gasteiger charge is -2.28. The maximum atomic E-state index is 13.0. The first-order valence-corrected chi connectivity index (χ1v) is 11.0. The molecule has 2 atom stereocenters. The molecule has 4 aromatic rings. The van der Waals surface area contributed by atoms with Crippen molar-refractivity contribution in [3.63, 3.8) is 0 Å². The van der Waals surface area contributed by atoms with E-state index in [1.54, 1.807) is 12.4 Å². The number of pyridine rings is 2. The molecule has 1 aliphatic heterocycles. The van der Waals surface area contributed by atoms with Crippen LogP contribution >= 0.6 is 12.2 Å². The fourth-order valence-electron chi connectivity index (χ4n) is 4.11. The molecule has 1 fully saturated rings. The van der Waals surface area contributed by atoms with Crippen molar-refractivity contribution in [2.45, 2.75) is 12.1 Å². The maximum Gasteiger partial charge on any atom is 0.244 e. The van der Waals surface area contributed by atoms with Gasteiger partial charge >= 0.3 is 0 Å². The van der Waals surface area contributed by atoms with Crippen molar-refractivity contribution in [2.75, 3.05) is 11.9 Å². The monoisotopic (exact) mass is 454 g/mol. The number of nitrogens with zero attached hydrogens (tertiary/aromatic N) is 4. The van der Waals surface area contributed by atoms with Crippen LogP contribution in [0.25, 0.3) is 5.82 Å². The van der Waals surface area contributed by atoms with Crippen LogP contribution in [0.4, 0.5) is 5.69 Å². The third kappa shape index (κ3) is 4.33. The summed E-state index contributed by atoms with van der Waals surface area (Å²) in [5.41, 5.74) is 2.56.